The Morgan fingerprint density at radius 2 is 2.64 bits per heavy atom. The van der Waals surface area contributed by atoms with Crippen molar-refractivity contribution in [2.45, 2.75) is 12.8 Å². The average Bonchev–Trinajstić information content (AvgIpc) is 2.76. The lowest BCUT2D eigenvalue weighted by molar-refractivity contribution is -0.148. The minimum atomic E-state index is -0.789. The lowest BCUT2D eigenvalue weighted by Gasteiger charge is -2.20. The van der Waals surface area contributed by atoms with E-state index in [9.17, 15) is 4.79 Å². The Balaban J connectivity index is 2.16. The fourth-order valence-electron chi connectivity index (χ4n) is 1.59. The van der Waals surface area contributed by atoms with Gasteiger partial charge < -0.3 is 9.84 Å². The number of hydrogen-bond acceptors (Lipinski definition) is 5. The van der Waals surface area contributed by atoms with E-state index in [2.05, 4.69) is 9.59 Å². The maximum Gasteiger partial charge on any atom is 0.312 e. The topological polar surface area (TPSA) is 72.3 Å². The monoisotopic (exact) mass is 214 g/mol. The van der Waals surface area contributed by atoms with Crippen molar-refractivity contribution in [3.05, 3.63) is 11.1 Å². The summed E-state index contributed by atoms with van der Waals surface area (Å²) >= 11 is 1.25. The van der Waals surface area contributed by atoms with E-state index in [0.29, 0.717) is 26.1 Å². The number of nitrogens with zero attached hydrogens (tertiary/aromatic N) is 2. The molecular formula is C8H10N2O3S. The fourth-order valence-corrected chi connectivity index (χ4v) is 2.22. The van der Waals surface area contributed by atoms with Gasteiger partial charge in [0, 0.05) is 17.9 Å². The van der Waals surface area contributed by atoms with Crippen molar-refractivity contribution >= 4 is 17.5 Å². The molecule has 0 bridgehead atoms. The van der Waals surface area contributed by atoms with Crippen LogP contribution in [0.4, 0.5) is 0 Å². The van der Waals surface area contributed by atoms with Crippen molar-refractivity contribution in [3.8, 4) is 0 Å². The first-order valence-corrected chi connectivity index (χ1v) is 5.08. The Morgan fingerprint density at radius 1 is 1.79 bits per heavy atom. The Kier molecular flexibility index (Phi) is 2.47. The van der Waals surface area contributed by atoms with E-state index in [1.807, 2.05) is 0 Å². The first-order valence-electron chi connectivity index (χ1n) is 4.30. The number of aromatic nitrogens is 2. The van der Waals surface area contributed by atoms with Gasteiger partial charge in [0.25, 0.3) is 0 Å². The summed E-state index contributed by atoms with van der Waals surface area (Å²) in [6, 6.07) is 0. The van der Waals surface area contributed by atoms with Crippen LogP contribution in [0, 0.1) is 5.41 Å². The van der Waals surface area contributed by atoms with Crippen LogP contribution in [0.25, 0.3) is 0 Å². The first-order chi connectivity index (χ1) is 6.73. The summed E-state index contributed by atoms with van der Waals surface area (Å²) in [5.41, 5.74) is -0.756. The highest BCUT2D eigenvalue weighted by Crippen LogP contribution is 2.33. The summed E-state index contributed by atoms with van der Waals surface area (Å²) < 4.78 is 8.87. The number of ether oxygens (including phenoxy) is 1. The van der Waals surface area contributed by atoms with Crippen LogP contribution in [0.5, 0.6) is 0 Å². The third kappa shape index (κ3) is 1.62. The number of carbonyl (C=O) groups is 1. The highest BCUT2D eigenvalue weighted by Gasteiger charge is 2.42. The van der Waals surface area contributed by atoms with E-state index in [1.165, 1.54) is 11.5 Å². The number of rotatable bonds is 3. The lowest BCUT2D eigenvalue weighted by Crippen LogP contribution is -2.33. The largest absolute Gasteiger partial charge is 0.481 e. The quantitative estimate of drug-likeness (QED) is 0.796. The van der Waals surface area contributed by atoms with Gasteiger partial charge in [0.2, 0.25) is 0 Å². The summed E-state index contributed by atoms with van der Waals surface area (Å²) in [4.78, 5) is 12.0. The maximum absolute atomic E-state index is 11.1. The van der Waals surface area contributed by atoms with Crippen molar-refractivity contribution in [2.75, 3.05) is 13.2 Å². The molecule has 1 unspecified atom stereocenters. The van der Waals surface area contributed by atoms with Gasteiger partial charge in [0.1, 0.15) is 0 Å². The Hall–Kier alpha value is -1.01. The second kappa shape index (κ2) is 3.62. The van der Waals surface area contributed by atoms with Gasteiger partial charge in [0.15, 0.2) is 0 Å². The van der Waals surface area contributed by atoms with Crippen LogP contribution in [-0.2, 0) is 16.0 Å². The predicted octanol–water partition coefficient (Wildman–Crippen LogP) is 0.572. The van der Waals surface area contributed by atoms with E-state index in [1.54, 1.807) is 6.20 Å². The number of hydrogen-bond donors (Lipinski definition) is 1. The molecule has 5 nitrogen and oxygen atoms in total. The summed E-state index contributed by atoms with van der Waals surface area (Å²) in [7, 11) is 0. The molecule has 1 fully saturated rings. The molecule has 0 aromatic carbocycles. The van der Waals surface area contributed by atoms with Crippen LogP contribution >= 0.6 is 11.5 Å². The molecule has 0 amide bonds. The Labute approximate surface area is 84.9 Å². The zero-order chi connectivity index (χ0) is 10.0. The average molecular weight is 214 g/mol. The first kappa shape index (κ1) is 9.54. The minimum Gasteiger partial charge on any atom is -0.481 e. The van der Waals surface area contributed by atoms with E-state index in [-0.39, 0.29) is 0 Å². The highest BCUT2D eigenvalue weighted by atomic mass is 32.1. The molecular weight excluding hydrogens is 204 g/mol. The Bertz CT molecular complexity index is 319. The van der Waals surface area contributed by atoms with Crippen LogP contribution in [0.2, 0.25) is 0 Å². The molecule has 1 N–H and O–H groups in total. The van der Waals surface area contributed by atoms with Crippen molar-refractivity contribution in [2.24, 2.45) is 5.41 Å². The minimum absolute atomic E-state index is 0.292. The third-order valence-corrected chi connectivity index (χ3v) is 3.14. The van der Waals surface area contributed by atoms with Gasteiger partial charge in [-0.2, -0.15) is 0 Å². The summed E-state index contributed by atoms with van der Waals surface area (Å²) in [5, 5.41) is 12.8. The standard InChI is InChI=1S/C8H10N2O3S/c11-7(12)8(1-2-13-5-8)3-6-4-9-10-14-6/h4H,1-3,5H2,(H,11,12). The van der Waals surface area contributed by atoms with Gasteiger partial charge in [-0.15, -0.1) is 5.10 Å². The van der Waals surface area contributed by atoms with Crippen molar-refractivity contribution in [1.29, 1.82) is 0 Å². The van der Waals surface area contributed by atoms with Gasteiger partial charge in [-0.1, -0.05) is 4.49 Å². The number of carboxylic acids is 1. The van der Waals surface area contributed by atoms with Crippen LogP contribution < -0.4 is 0 Å². The molecule has 0 saturated carbocycles. The molecule has 0 radical (unpaired) electrons. The zero-order valence-corrected chi connectivity index (χ0v) is 8.29. The number of carboxylic acid groups (broad SMARTS) is 1. The van der Waals surface area contributed by atoms with E-state index in [4.69, 9.17) is 9.84 Å². The van der Waals surface area contributed by atoms with E-state index in [0.717, 1.165) is 4.88 Å². The second-order valence-corrected chi connectivity index (χ2v) is 4.32. The molecule has 1 saturated heterocycles. The van der Waals surface area contributed by atoms with Crippen LogP contribution in [-0.4, -0.2) is 33.9 Å². The summed E-state index contributed by atoms with van der Waals surface area (Å²) in [6.45, 7) is 0.818. The molecule has 2 heterocycles. The molecule has 1 atom stereocenters. The normalized spacial score (nSPS) is 26.6. The smallest absolute Gasteiger partial charge is 0.312 e. The lowest BCUT2D eigenvalue weighted by atomic mass is 9.83. The molecule has 1 aliphatic heterocycles. The summed E-state index contributed by atoms with van der Waals surface area (Å²) in [5.74, 6) is -0.789. The van der Waals surface area contributed by atoms with Gasteiger partial charge in [-0.25, -0.2) is 0 Å². The highest BCUT2D eigenvalue weighted by molar-refractivity contribution is 7.05. The van der Waals surface area contributed by atoms with Crippen molar-refractivity contribution in [1.82, 2.24) is 9.59 Å². The Morgan fingerprint density at radius 3 is 3.14 bits per heavy atom. The van der Waals surface area contributed by atoms with Crippen LogP contribution in [0.3, 0.4) is 0 Å². The molecule has 0 spiro atoms. The number of aliphatic carboxylic acids is 1. The van der Waals surface area contributed by atoms with Crippen LogP contribution in [0.15, 0.2) is 6.20 Å². The predicted molar refractivity (Wildman–Crippen MR) is 49.1 cm³/mol. The van der Waals surface area contributed by atoms with E-state index < -0.39 is 11.4 Å². The zero-order valence-electron chi connectivity index (χ0n) is 7.47. The molecule has 14 heavy (non-hydrogen) atoms. The van der Waals surface area contributed by atoms with Crippen molar-refractivity contribution in [3.63, 3.8) is 0 Å². The molecule has 0 aliphatic carbocycles. The molecule has 2 rings (SSSR count). The van der Waals surface area contributed by atoms with Gasteiger partial charge in [-0.05, 0) is 18.0 Å². The molecule has 1 aliphatic rings. The summed E-state index contributed by atoms with van der Waals surface area (Å²) in [6.07, 6.45) is 2.66. The SMILES string of the molecule is O=C(O)C1(Cc2cnns2)CCOC1. The van der Waals surface area contributed by atoms with Crippen molar-refractivity contribution < 1.29 is 14.6 Å². The maximum atomic E-state index is 11.1. The van der Waals surface area contributed by atoms with Crippen LogP contribution in [0.1, 0.15) is 11.3 Å². The van der Waals surface area contributed by atoms with Gasteiger partial charge >= 0.3 is 5.97 Å². The molecule has 1 aromatic rings. The molecule has 76 valence electrons. The fraction of sp³-hybridized carbons (Fsp3) is 0.625. The van der Waals surface area contributed by atoms with E-state index >= 15 is 0 Å². The van der Waals surface area contributed by atoms with Gasteiger partial charge in [-0.3, -0.25) is 4.79 Å². The second-order valence-electron chi connectivity index (χ2n) is 3.45. The van der Waals surface area contributed by atoms with Gasteiger partial charge in [0.05, 0.1) is 18.2 Å². The third-order valence-electron chi connectivity index (χ3n) is 2.48. The molecule has 1 aromatic heterocycles. The molecule has 6 heteroatoms.